The third-order valence-electron chi connectivity index (χ3n) is 3.40. The topological polar surface area (TPSA) is 52.6 Å². The van der Waals surface area contributed by atoms with Gasteiger partial charge in [0.15, 0.2) is 5.41 Å². The van der Waals surface area contributed by atoms with E-state index >= 15 is 0 Å². The van der Waals surface area contributed by atoms with E-state index in [0.29, 0.717) is 17.1 Å². The maximum absolute atomic E-state index is 12.4. The highest BCUT2D eigenvalue weighted by molar-refractivity contribution is 6.10. The van der Waals surface area contributed by atoms with Crippen LogP contribution in [0.3, 0.4) is 0 Å². The molecule has 100 valence electrons. The van der Waals surface area contributed by atoms with E-state index in [4.69, 9.17) is 9.47 Å². The van der Waals surface area contributed by atoms with Crippen LogP contribution < -0.4 is 9.47 Å². The number of esters is 2. The van der Waals surface area contributed by atoms with Gasteiger partial charge in [-0.05, 0) is 25.1 Å². The molecular formula is C16H12O4. The Morgan fingerprint density at radius 2 is 1.70 bits per heavy atom. The molecule has 4 nitrogen and oxygen atoms in total. The second-order valence-electron chi connectivity index (χ2n) is 4.71. The van der Waals surface area contributed by atoms with Crippen LogP contribution in [0.4, 0.5) is 0 Å². The summed E-state index contributed by atoms with van der Waals surface area (Å²) < 4.78 is 10.4. The quantitative estimate of drug-likeness (QED) is 0.477. The largest absolute Gasteiger partial charge is 0.425 e. The van der Waals surface area contributed by atoms with Crippen LogP contribution in [0.15, 0.2) is 54.6 Å². The summed E-state index contributed by atoms with van der Waals surface area (Å²) in [4.78, 5) is 24.4. The van der Waals surface area contributed by atoms with Crippen LogP contribution in [-0.2, 0) is 15.0 Å². The van der Waals surface area contributed by atoms with Gasteiger partial charge in [0.25, 0.3) is 0 Å². The Balaban J connectivity index is 1.96. The van der Waals surface area contributed by atoms with Gasteiger partial charge in [0, 0.05) is 5.56 Å². The summed E-state index contributed by atoms with van der Waals surface area (Å²) in [5, 5.41) is 0. The molecule has 20 heavy (non-hydrogen) atoms. The summed E-state index contributed by atoms with van der Waals surface area (Å²) in [6.07, 6.45) is 0. The first-order valence-corrected chi connectivity index (χ1v) is 6.21. The summed E-state index contributed by atoms with van der Waals surface area (Å²) in [7, 11) is 0. The molecule has 1 heterocycles. The second-order valence-corrected chi connectivity index (χ2v) is 4.71. The number of hydrogen-bond donors (Lipinski definition) is 0. The number of carbonyl (C=O) groups is 2. The molecule has 3 rings (SSSR count). The predicted molar refractivity (Wildman–Crippen MR) is 71.5 cm³/mol. The third-order valence-corrected chi connectivity index (χ3v) is 3.40. The molecular weight excluding hydrogens is 256 g/mol. The number of carbonyl (C=O) groups excluding carboxylic acids is 2. The monoisotopic (exact) mass is 268 g/mol. The maximum Gasteiger partial charge on any atom is 0.333 e. The van der Waals surface area contributed by atoms with Crippen LogP contribution >= 0.6 is 0 Å². The van der Waals surface area contributed by atoms with Gasteiger partial charge in [-0.1, -0.05) is 36.4 Å². The average molecular weight is 268 g/mol. The van der Waals surface area contributed by atoms with Crippen molar-refractivity contribution < 1.29 is 19.1 Å². The molecule has 0 bridgehead atoms. The zero-order chi connectivity index (χ0) is 14.2. The lowest BCUT2D eigenvalue weighted by Crippen LogP contribution is -2.41. The third kappa shape index (κ3) is 1.77. The van der Waals surface area contributed by atoms with E-state index in [9.17, 15) is 9.59 Å². The molecule has 0 spiro atoms. The van der Waals surface area contributed by atoms with E-state index in [1.807, 2.05) is 6.07 Å². The number of hydrogen-bond acceptors (Lipinski definition) is 4. The summed E-state index contributed by atoms with van der Waals surface area (Å²) in [6.45, 7) is 1.52. The number of para-hydroxylation sites is 2. The van der Waals surface area contributed by atoms with E-state index in [1.54, 1.807) is 48.5 Å². The summed E-state index contributed by atoms with van der Waals surface area (Å²) in [5.41, 5.74) is -0.891. The fourth-order valence-electron chi connectivity index (χ4n) is 2.17. The van der Waals surface area contributed by atoms with Crippen LogP contribution in [0.25, 0.3) is 0 Å². The minimum absolute atomic E-state index is 0.399. The van der Waals surface area contributed by atoms with Crippen LogP contribution in [0.2, 0.25) is 0 Å². The molecule has 1 atom stereocenters. The number of rotatable bonds is 2. The van der Waals surface area contributed by atoms with Gasteiger partial charge in [-0.15, -0.1) is 0 Å². The Morgan fingerprint density at radius 1 is 1.05 bits per heavy atom. The Labute approximate surface area is 115 Å². The molecule has 0 radical (unpaired) electrons. The lowest BCUT2D eigenvalue weighted by Gasteiger charge is -2.18. The van der Waals surface area contributed by atoms with E-state index in [1.165, 1.54) is 6.92 Å². The Morgan fingerprint density at radius 3 is 2.45 bits per heavy atom. The second kappa shape index (κ2) is 4.49. The van der Waals surface area contributed by atoms with Gasteiger partial charge in [-0.3, -0.25) is 9.59 Å². The minimum Gasteiger partial charge on any atom is -0.425 e. The van der Waals surface area contributed by atoms with Crippen LogP contribution in [0.5, 0.6) is 11.5 Å². The van der Waals surface area contributed by atoms with Crippen molar-refractivity contribution in [2.45, 2.75) is 12.3 Å². The first-order valence-electron chi connectivity index (χ1n) is 6.21. The Bertz CT molecular complexity index is 678. The van der Waals surface area contributed by atoms with Crippen molar-refractivity contribution in [1.29, 1.82) is 0 Å². The zero-order valence-corrected chi connectivity index (χ0v) is 10.8. The van der Waals surface area contributed by atoms with Crippen LogP contribution in [0, 0.1) is 0 Å². The van der Waals surface area contributed by atoms with E-state index in [-0.39, 0.29) is 0 Å². The summed E-state index contributed by atoms with van der Waals surface area (Å²) in [6, 6.07) is 15.5. The standard InChI is InChI=1S/C16H12O4/c1-16(14(17)19-11-7-3-2-4-8-11)12-9-5-6-10-13(12)20-15(16)18/h2-10H,1H3/t16-/m0/s1. The first kappa shape index (κ1) is 12.4. The first-order chi connectivity index (χ1) is 9.62. The summed E-state index contributed by atoms with van der Waals surface area (Å²) >= 11 is 0. The van der Waals surface area contributed by atoms with Crippen molar-refractivity contribution in [3.05, 3.63) is 60.2 Å². The molecule has 0 aliphatic carbocycles. The van der Waals surface area contributed by atoms with Gasteiger partial charge in [0.1, 0.15) is 11.5 Å². The van der Waals surface area contributed by atoms with Gasteiger partial charge in [-0.25, -0.2) is 0 Å². The molecule has 0 aromatic heterocycles. The van der Waals surface area contributed by atoms with E-state index in [0.717, 1.165) is 0 Å². The van der Waals surface area contributed by atoms with Crippen molar-refractivity contribution in [1.82, 2.24) is 0 Å². The molecule has 0 N–H and O–H groups in total. The normalized spacial score (nSPS) is 20.1. The molecule has 0 unspecified atom stereocenters. The molecule has 2 aromatic carbocycles. The molecule has 1 aliphatic heterocycles. The smallest absolute Gasteiger partial charge is 0.333 e. The highest BCUT2D eigenvalue weighted by Gasteiger charge is 2.52. The van der Waals surface area contributed by atoms with Crippen LogP contribution in [-0.4, -0.2) is 11.9 Å². The minimum atomic E-state index is -1.42. The molecule has 4 heteroatoms. The molecule has 0 saturated carbocycles. The molecule has 0 fully saturated rings. The van der Waals surface area contributed by atoms with Crippen molar-refractivity contribution >= 4 is 11.9 Å². The SMILES string of the molecule is C[C@]1(C(=O)Oc2ccccc2)C(=O)Oc2ccccc21. The molecule has 2 aromatic rings. The van der Waals surface area contributed by atoms with Crippen molar-refractivity contribution in [3.8, 4) is 11.5 Å². The highest BCUT2D eigenvalue weighted by atomic mass is 16.6. The van der Waals surface area contributed by atoms with Crippen LogP contribution in [0.1, 0.15) is 12.5 Å². The van der Waals surface area contributed by atoms with Gasteiger partial charge in [0.2, 0.25) is 0 Å². The van der Waals surface area contributed by atoms with Gasteiger partial charge in [-0.2, -0.15) is 0 Å². The van der Waals surface area contributed by atoms with E-state index in [2.05, 4.69) is 0 Å². The van der Waals surface area contributed by atoms with E-state index < -0.39 is 17.4 Å². The van der Waals surface area contributed by atoms with Crippen molar-refractivity contribution in [2.24, 2.45) is 0 Å². The molecule has 1 aliphatic rings. The molecule has 0 saturated heterocycles. The number of benzene rings is 2. The maximum atomic E-state index is 12.4. The average Bonchev–Trinajstić information content (AvgIpc) is 2.73. The lowest BCUT2D eigenvalue weighted by molar-refractivity contribution is -0.151. The fourth-order valence-corrected chi connectivity index (χ4v) is 2.17. The Kier molecular flexibility index (Phi) is 2.79. The zero-order valence-electron chi connectivity index (χ0n) is 10.8. The number of fused-ring (bicyclic) bond motifs is 1. The molecule has 0 amide bonds. The fraction of sp³-hybridized carbons (Fsp3) is 0.125. The Hall–Kier alpha value is -2.62. The number of ether oxygens (including phenoxy) is 2. The predicted octanol–water partition coefficient (Wildman–Crippen LogP) is 2.47. The highest BCUT2D eigenvalue weighted by Crippen LogP contribution is 2.40. The van der Waals surface area contributed by atoms with Gasteiger partial charge >= 0.3 is 11.9 Å². The van der Waals surface area contributed by atoms with Crippen molar-refractivity contribution in [2.75, 3.05) is 0 Å². The lowest BCUT2D eigenvalue weighted by atomic mass is 9.84. The van der Waals surface area contributed by atoms with Gasteiger partial charge < -0.3 is 9.47 Å². The summed E-state index contributed by atoms with van der Waals surface area (Å²) in [5.74, 6) is -0.445. The van der Waals surface area contributed by atoms with Crippen molar-refractivity contribution in [3.63, 3.8) is 0 Å². The van der Waals surface area contributed by atoms with Gasteiger partial charge in [0.05, 0.1) is 0 Å².